The molecule has 0 aromatic heterocycles. The third-order valence-corrected chi connectivity index (χ3v) is 6.06. The van der Waals surface area contributed by atoms with Crippen LogP contribution in [0.3, 0.4) is 0 Å². The zero-order valence-corrected chi connectivity index (χ0v) is 20.1. The minimum Gasteiger partial charge on any atom is -0.550 e. The van der Waals surface area contributed by atoms with E-state index < -0.39 is 33.2 Å². The molecule has 0 amide bonds. The molecular formula is C19H33NaO7S. The van der Waals surface area contributed by atoms with E-state index in [1.54, 1.807) is 0 Å². The molecule has 0 aliphatic heterocycles. The Balaban J connectivity index is 0. The SMILES string of the molecule is C=CCOC(=O)C(CCCCCCCCCCCC)(CC(=O)[O-])S(=O)(=O)O.[Na+]. The molecule has 1 unspecified atom stereocenters. The molecule has 0 heterocycles. The third-order valence-electron chi connectivity index (χ3n) is 4.56. The van der Waals surface area contributed by atoms with Gasteiger partial charge < -0.3 is 14.6 Å². The van der Waals surface area contributed by atoms with Gasteiger partial charge in [-0.1, -0.05) is 83.8 Å². The predicted molar refractivity (Wildman–Crippen MR) is 102 cm³/mol. The molecule has 9 heteroatoms. The summed E-state index contributed by atoms with van der Waals surface area (Å²) in [5.74, 6) is -3.03. The number of esters is 1. The molecule has 28 heavy (non-hydrogen) atoms. The van der Waals surface area contributed by atoms with E-state index in [2.05, 4.69) is 13.5 Å². The minimum atomic E-state index is -4.99. The van der Waals surface area contributed by atoms with Crippen molar-refractivity contribution in [2.24, 2.45) is 0 Å². The molecule has 0 spiro atoms. The Morgan fingerprint density at radius 1 is 1.04 bits per heavy atom. The van der Waals surface area contributed by atoms with Crippen molar-refractivity contribution in [3.63, 3.8) is 0 Å². The quantitative estimate of drug-likeness (QED) is 0.112. The van der Waals surface area contributed by atoms with Gasteiger partial charge in [-0.15, -0.1) is 0 Å². The molecule has 0 aliphatic carbocycles. The van der Waals surface area contributed by atoms with Crippen LogP contribution >= 0.6 is 0 Å². The largest absolute Gasteiger partial charge is 1.00 e. The summed E-state index contributed by atoms with van der Waals surface area (Å²) in [5.41, 5.74) is 0. The van der Waals surface area contributed by atoms with Gasteiger partial charge in [0, 0.05) is 12.4 Å². The molecule has 0 bridgehead atoms. The Morgan fingerprint density at radius 3 is 1.89 bits per heavy atom. The van der Waals surface area contributed by atoms with E-state index in [-0.39, 0.29) is 49.0 Å². The number of hydrogen-bond acceptors (Lipinski definition) is 6. The fraction of sp³-hybridized carbons (Fsp3) is 0.789. The van der Waals surface area contributed by atoms with Crippen molar-refractivity contribution >= 4 is 22.1 Å². The number of carbonyl (C=O) groups is 2. The third kappa shape index (κ3) is 11.6. The fourth-order valence-electron chi connectivity index (χ4n) is 2.99. The van der Waals surface area contributed by atoms with Crippen molar-refractivity contribution in [3.8, 4) is 0 Å². The fourth-order valence-corrected chi connectivity index (χ4v) is 3.96. The van der Waals surface area contributed by atoms with Crippen molar-refractivity contribution in [3.05, 3.63) is 12.7 Å². The van der Waals surface area contributed by atoms with Crippen molar-refractivity contribution < 1.29 is 62.0 Å². The molecule has 1 atom stereocenters. The minimum absolute atomic E-state index is 0. The number of hydrogen-bond donors (Lipinski definition) is 1. The molecule has 0 rings (SSSR count). The molecule has 158 valence electrons. The van der Waals surface area contributed by atoms with Gasteiger partial charge in [0.15, 0.2) is 4.75 Å². The molecule has 0 saturated carbocycles. The van der Waals surface area contributed by atoms with Gasteiger partial charge in [-0.05, 0) is 6.42 Å². The van der Waals surface area contributed by atoms with E-state index in [1.165, 1.54) is 31.8 Å². The standard InChI is InChI=1S/C19H34O7S.Na/c1-3-5-6-7-8-9-10-11-12-13-14-19(16-17(20)21,27(23,24)25)18(22)26-15-4-2;/h4H,2-3,5-16H2,1H3,(H,20,21)(H,23,24,25);/q;+1/p-1. The number of ether oxygens (including phenoxy) is 1. The Bertz CT molecular complexity index is 563. The van der Waals surface area contributed by atoms with Crippen LogP contribution < -0.4 is 34.7 Å². The van der Waals surface area contributed by atoms with E-state index in [4.69, 9.17) is 4.74 Å². The van der Waals surface area contributed by atoms with Gasteiger partial charge in [-0.3, -0.25) is 9.35 Å². The molecule has 0 fully saturated rings. The van der Waals surface area contributed by atoms with Crippen LogP contribution in [0, 0.1) is 0 Å². The summed E-state index contributed by atoms with van der Waals surface area (Å²) in [6.07, 6.45) is 9.67. The first-order chi connectivity index (χ1) is 12.7. The number of carboxylic acids is 1. The zero-order chi connectivity index (χ0) is 20.8. The monoisotopic (exact) mass is 428 g/mol. The van der Waals surface area contributed by atoms with Crippen LogP contribution in [0.5, 0.6) is 0 Å². The molecule has 0 aromatic carbocycles. The van der Waals surface area contributed by atoms with Crippen LogP contribution in [0.25, 0.3) is 0 Å². The number of aliphatic carboxylic acids is 1. The molecule has 7 nitrogen and oxygen atoms in total. The first-order valence-electron chi connectivity index (χ1n) is 9.66. The van der Waals surface area contributed by atoms with Crippen LogP contribution in [-0.2, 0) is 24.4 Å². The first-order valence-corrected chi connectivity index (χ1v) is 11.1. The van der Waals surface area contributed by atoms with Gasteiger partial charge in [0.2, 0.25) is 0 Å². The zero-order valence-electron chi connectivity index (χ0n) is 17.3. The van der Waals surface area contributed by atoms with Crippen LogP contribution in [0.2, 0.25) is 0 Å². The second kappa shape index (κ2) is 16.4. The maximum Gasteiger partial charge on any atom is 1.00 e. The van der Waals surface area contributed by atoms with E-state index in [0.717, 1.165) is 25.7 Å². The molecule has 0 radical (unpaired) electrons. The van der Waals surface area contributed by atoms with Crippen molar-refractivity contribution in [1.29, 1.82) is 0 Å². The van der Waals surface area contributed by atoms with Crippen molar-refractivity contribution in [1.82, 2.24) is 0 Å². The number of unbranched alkanes of at least 4 members (excludes halogenated alkanes) is 9. The molecule has 0 saturated heterocycles. The molecular weight excluding hydrogens is 395 g/mol. The van der Waals surface area contributed by atoms with Gasteiger partial charge in [0.1, 0.15) is 6.61 Å². The van der Waals surface area contributed by atoms with E-state index in [0.29, 0.717) is 6.42 Å². The summed E-state index contributed by atoms with van der Waals surface area (Å²) < 4.78 is 35.4. The van der Waals surface area contributed by atoms with E-state index >= 15 is 0 Å². The van der Waals surface area contributed by atoms with Crippen molar-refractivity contribution in [2.45, 2.75) is 88.7 Å². The summed E-state index contributed by atoms with van der Waals surface area (Å²) in [5, 5.41) is 11.0. The van der Waals surface area contributed by atoms with Gasteiger partial charge in [0.25, 0.3) is 10.1 Å². The Labute approximate surface area is 191 Å². The smallest absolute Gasteiger partial charge is 0.550 e. The average Bonchev–Trinajstić information content (AvgIpc) is 2.58. The second-order valence-electron chi connectivity index (χ2n) is 6.84. The topological polar surface area (TPSA) is 121 Å². The average molecular weight is 429 g/mol. The molecule has 1 N–H and O–H groups in total. The maximum atomic E-state index is 12.2. The Kier molecular flexibility index (Phi) is 17.4. The van der Waals surface area contributed by atoms with Crippen LogP contribution in [0.1, 0.15) is 84.0 Å². The van der Waals surface area contributed by atoms with Crippen LogP contribution in [-0.4, -0.2) is 36.3 Å². The summed E-state index contributed by atoms with van der Waals surface area (Å²) in [6, 6.07) is 0. The summed E-state index contributed by atoms with van der Waals surface area (Å²) in [7, 11) is -4.99. The normalized spacial score (nSPS) is 13.2. The Morgan fingerprint density at radius 2 is 1.50 bits per heavy atom. The summed E-state index contributed by atoms with van der Waals surface area (Å²) >= 11 is 0. The van der Waals surface area contributed by atoms with Crippen LogP contribution in [0.15, 0.2) is 12.7 Å². The van der Waals surface area contributed by atoms with E-state index in [9.17, 15) is 27.7 Å². The van der Waals surface area contributed by atoms with Crippen molar-refractivity contribution in [2.75, 3.05) is 6.61 Å². The predicted octanol–water partition coefficient (Wildman–Crippen LogP) is -0.203. The Hall–Kier alpha value is -0.410. The first kappa shape index (κ1) is 29.8. The number of rotatable bonds is 17. The van der Waals surface area contributed by atoms with Gasteiger partial charge in [-0.2, -0.15) is 8.42 Å². The maximum absolute atomic E-state index is 12.2. The number of carboxylic acid groups (broad SMARTS) is 1. The number of carbonyl (C=O) groups excluding carboxylic acids is 2. The molecule has 0 aromatic rings. The van der Waals surface area contributed by atoms with Gasteiger partial charge >= 0.3 is 35.5 Å². The summed E-state index contributed by atoms with van der Waals surface area (Å²) in [4.78, 5) is 23.2. The van der Waals surface area contributed by atoms with Gasteiger partial charge in [0.05, 0.1) is 0 Å². The van der Waals surface area contributed by atoms with E-state index in [1.807, 2.05) is 0 Å². The van der Waals surface area contributed by atoms with Crippen LogP contribution in [0.4, 0.5) is 0 Å². The second-order valence-corrected chi connectivity index (χ2v) is 8.57. The summed E-state index contributed by atoms with van der Waals surface area (Å²) in [6.45, 7) is 5.24. The molecule has 0 aliphatic rings. The van der Waals surface area contributed by atoms with Gasteiger partial charge in [-0.25, -0.2) is 0 Å².